The predicted molar refractivity (Wildman–Crippen MR) is 117 cm³/mol. The summed E-state index contributed by atoms with van der Waals surface area (Å²) in [7, 11) is 3.56. The molecule has 1 aliphatic rings. The van der Waals surface area contributed by atoms with Crippen LogP contribution in [0.1, 0.15) is 45.4 Å². The van der Waals surface area contributed by atoms with Gasteiger partial charge in [-0.1, -0.05) is 43.2 Å². The summed E-state index contributed by atoms with van der Waals surface area (Å²) in [6.45, 7) is 3.00. The Morgan fingerprint density at radius 1 is 1.31 bits per heavy atom. The molecule has 0 radical (unpaired) electrons. The number of carbonyl (C=O) groups excluding carboxylic acids is 1. The molecule has 0 bridgehead atoms. The fourth-order valence-corrected chi connectivity index (χ4v) is 4.98. The average Bonchev–Trinajstić information content (AvgIpc) is 2.75. The van der Waals surface area contributed by atoms with Gasteiger partial charge in [-0.25, -0.2) is 4.98 Å². The molecule has 7 heteroatoms. The van der Waals surface area contributed by atoms with E-state index in [1.54, 1.807) is 17.7 Å². The molecule has 29 heavy (non-hydrogen) atoms. The third kappa shape index (κ3) is 5.20. The number of carbonyl (C=O) groups is 1. The highest BCUT2D eigenvalue weighted by atomic mass is 32.2. The Hall–Kier alpha value is -1.86. The van der Waals surface area contributed by atoms with Gasteiger partial charge in [0.2, 0.25) is 5.91 Å². The highest BCUT2D eigenvalue weighted by Crippen LogP contribution is 2.27. The SMILES string of the molecule is COCCCn1c(SC(C)C(=O)N(C)C2CCCCC2)nc2ccccc2c1=O. The number of benzene rings is 1. The Bertz CT molecular complexity index is 892. The lowest BCUT2D eigenvalue weighted by Crippen LogP contribution is -2.42. The molecule has 6 nitrogen and oxygen atoms in total. The molecule has 3 rings (SSSR count). The van der Waals surface area contributed by atoms with Gasteiger partial charge in [-0.2, -0.15) is 0 Å². The molecule has 1 heterocycles. The van der Waals surface area contributed by atoms with Crippen LogP contribution in [-0.2, 0) is 16.1 Å². The molecule has 0 spiro atoms. The van der Waals surface area contributed by atoms with Crippen LogP contribution in [0.2, 0.25) is 0 Å². The molecular weight excluding hydrogens is 386 g/mol. The number of ether oxygens (including phenoxy) is 1. The second kappa shape index (κ2) is 10.3. The Kier molecular flexibility index (Phi) is 7.72. The lowest BCUT2D eigenvalue weighted by atomic mass is 9.94. The van der Waals surface area contributed by atoms with E-state index >= 15 is 0 Å². The van der Waals surface area contributed by atoms with Crippen molar-refractivity contribution in [2.45, 2.75) is 68.4 Å². The van der Waals surface area contributed by atoms with E-state index in [9.17, 15) is 9.59 Å². The van der Waals surface area contributed by atoms with Gasteiger partial charge < -0.3 is 9.64 Å². The number of thioether (sulfide) groups is 1. The first-order chi connectivity index (χ1) is 14.0. The van der Waals surface area contributed by atoms with E-state index in [1.807, 2.05) is 37.1 Å². The Morgan fingerprint density at radius 2 is 2.03 bits per heavy atom. The van der Waals surface area contributed by atoms with Gasteiger partial charge >= 0.3 is 0 Å². The van der Waals surface area contributed by atoms with E-state index in [2.05, 4.69) is 0 Å². The van der Waals surface area contributed by atoms with E-state index in [0.29, 0.717) is 41.7 Å². The maximum absolute atomic E-state index is 13.0. The summed E-state index contributed by atoms with van der Waals surface area (Å²) in [4.78, 5) is 32.7. The minimum atomic E-state index is -0.302. The normalized spacial score (nSPS) is 16.1. The van der Waals surface area contributed by atoms with Crippen LogP contribution in [0.4, 0.5) is 0 Å². The maximum Gasteiger partial charge on any atom is 0.262 e. The van der Waals surface area contributed by atoms with Crippen molar-refractivity contribution >= 4 is 28.6 Å². The third-order valence-corrected chi connectivity index (χ3v) is 6.73. The molecule has 1 aromatic heterocycles. The van der Waals surface area contributed by atoms with Crippen molar-refractivity contribution in [2.24, 2.45) is 0 Å². The number of para-hydroxylation sites is 1. The van der Waals surface area contributed by atoms with Crippen molar-refractivity contribution in [3.8, 4) is 0 Å². The van der Waals surface area contributed by atoms with Crippen LogP contribution in [-0.4, -0.2) is 52.4 Å². The summed E-state index contributed by atoms with van der Waals surface area (Å²) < 4.78 is 6.84. The second-order valence-corrected chi connectivity index (χ2v) is 9.02. The van der Waals surface area contributed by atoms with Crippen molar-refractivity contribution in [3.63, 3.8) is 0 Å². The van der Waals surface area contributed by atoms with E-state index in [0.717, 1.165) is 12.8 Å². The van der Waals surface area contributed by atoms with Gasteiger partial charge in [-0.05, 0) is 38.3 Å². The van der Waals surface area contributed by atoms with Crippen LogP contribution in [0.3, 0.4) is 0 Å². The fraction of sp³-hybridized carbons (Fsp3) is 0.591. The number of amides is 1. The number of rotatable bonds is 8. The molecule has 2 aromatic rings. The number of fused-ring (bicyclic) bond motifs is 1. The lowest BCUT2D eigenvalue weighted by Gasteiger charge is -2.32. The first-order valence-electron chi connectivity index (χ1n) is 10.4. The summed E-state index contributed by atoms with van der Waals surface area (Å²) in [5.74, 6) is 0.104. The highest BCUT2D eigenvalue weighted by molar-refractivity contribution is 8.00. The Morgan fingerprint density at radius 3 is 2.76 bits per heavy atom. The Labute approximate surface area is 176 Å². The van der Waals surface area contributed by atoms with Crippen molar-refractivity contribution in [3.05, 3.63) is 34.6 Å². The molecule has 1 atom stereocenters. The van der Waals surface area contributed by atoms with Crippen LogP contribution >= 0.6 is 11.8 Å². The van der Waals surface area contributed by atoms with Gasteiger partial charge in [0.15, 0.2) is 5.16 Å². The number of methoxy groups -OCH3 is 1. The van der Waals surface area contributed by atoms with Crippen LogP contribution in [0.25, 0.3) is 10.9 Å². The van der Waals surface area contributed by atoms with Crippen LogP contribution in [0.15, 0.2) is 34.2 Å². The van der Waals surface area contributed by atoms with E-state index in [-0.39, 0.29) is 16.7 Å². The van der Waals surface area contributed by atoms with Gasteiger partial charge in [0.1, 0.15) is 0 Å². The molecule has 1 aromatic carbocycles. The molecule has 1 saturated carbocycles. The van der Waals surface area contributed by atoms with Crippen LogP contribution < -0.4 is 5.56 Å². The minimum absolute atomic E-state index is 0.0607. The zero-order valence-electron chi connectivity index (χ0n) is 17.6. The molecule has 1 fully saturated rings. The number of aromatic nitrogens is 2. The quantitative estimate of drug-likeness (QED) is 0.372. The molecule has 1 aliphatic carbocycles. The molecule has 1 amide bonds. The first kappa shape index (κ1) is 21.8. The van der Waals surface area contributed by atoms with Gasteiger partial charge in [0.05, 0.1) is 16.2 Å². The molecule has 0 aliphatic heterocycles. The average molecular weight is 418 g/mol. The zero-order valence-corrected chi connectivity index (χ0v) is 18.4. The second-order valence-electron chi connectivity index (χ2n) is 7.72. The predicted octanol–water partition coefficient (Wildman–Crippen LogP) is 3.70. The summed E-state index contributed by atoms with van der Waals surface area (Å²) in [5.41, 5.74) is 0.609. The molecule has 0 saturated heterocycles. The van der Waals surface area contributed by atoms with Gasteiger partial charge in [0.25, 0.3) is 5.56 Å². The smallest absolute Gasteiger partial charge is 0.262 e. The topological polar surface area (TPSA) is 64.4 Å². The molecule has 0 N–H and O–H groups in total. The number of nitrogens with zero attached hydrogens (tertiary/aromatic N) is 3. The minimum Gasteiger partial charge on any atom is -0.385 e. The standard InChI is InChI=1S/C22H31N3O3S/c1-16(20(26)24(2)17-10-5-4-6-11-17)29-22-23-19-13-8-7-12-18(19)21(27)25(22)14-9-15-28-3/h7-8,12-13,16-17H,4-6,9-11,14-15H2,1-3H3. The van der Waals surface area contributed by atoms with Crippen molar-refractivity contribution < 1.29 is 9.53 Å². The molecule has 1 unspecified atom stereocenters. The van der Waals surface area contributed by atoms with Crippen molar-refractivity contribution in [2.75, 3.05) is 20.8 Å². The molecular formula is C22H31N3O3S. The van der Waals surface area contributed by atoms with Gasteiger partial charge in [0, 0.05) is 33.4 Å². The lowest BCUT2D eigenvalue weighted by molar-refractivity contribution is -0.131. The number of hydrogen-bond acceptors (Lipinski definition) is 5. The maximum atomic E-state index is 13.0. The summed E-state index contributed by atoms with van der Waals surface area (Å²) in [5, 5.41) is 0.902. The van der Waals surface area contributed by atoms with Crippen molar-refractivity contribution in [1.29, 1.82) is 0 Å². The fourth-order valence-electron chi connectivity index (χ4n) is 3.95. The largest absolute Gasteiger partial charge is 0.385 e. The highest BCUT2D eigenvalue weighted by Gasteiger charge is 2.27. The zero-order chi connectivity index (χ0) is 20.8. The van der Waals surface area contributed by atoms with E-state index < -0.39 is 0 Å². The van der Waals surface area contributed by atoms with Gasteiger partial charge in [-0.15, -0.1) is 0 Å². The molecule has 158 valence electrons. The number of hydrogen-bond donors (Lipinski definition) is 0. The van der Waals surface area contributed by atoms with E-state index in [1.165, 1.54) is 31.0 Å². The first-order valence-corrected chi connectivity index (χ1v) is 11.3. The van der Waals surface area contributed by atoms with E-state index in [4.69, 9.17) is 9.72 Å². The third-order valence-electron chi connectivity index (χ3n) is 5.66. The summed E-state index contributed by atoms with van der Waals surface area (Å²) >= 11 is 1.38. The summed E-state index contributed by atoms with van der Waals surface area (Å²) in [6, 6.07) is 7.71. The van der Waals surface area contributed by atoms with Crippen LogP contribution in [0, 0.1) is 0 Å². The summed E-state index contributed by atoms with van der Waals surface area (Å²) in [6.07, 6.45) is 6.52. The monoisotopic (exact) mass is 417 g/mol. The van der Waals surface area contributed by atoms with Gasteiger partial charge in [-0.3, -0.25) is 14.2 Å². The van der Waals surface area contributed by atoms with Crippen LogP contribution in [0.5, 0.6) is 0 Å². The van der Waals surface area contributed by atoms with Crippen molar-refractivity contribution in [1.82, 2.24) is 14.5 Å². The Balaban J connectivity index is 1.84.